The molecular weight excluding hydrogens is 402 g/mol. The molecular formula is C25H29N5O2. The number of imidazole rings is 1. The predicted molar refractivity (Wildman–Crippen MR) is 124 cm³/mol. The fourth-order valence-electron chi connectivity index (χ4n) is 3.63. The van der Waals surface area contributed by atoms with E-state index >= 15 is 0 Å². The number of H-pyrrole nitrogens is 1. The Morgan fingerprint density at radius 2 is 1.78 bits per heavy atom. The van der Waals surface area contributed by atoms with E-state index in [-0.39, 0.29) is 24.3 Å². The summed E-state index contributed by atoms with van der Waals surface area (Å²) >= 11 is 0. The Labute approximate surface area is 187 Å². The molecule has 32 heavy (non-hydrogen) atoms. The monoisotopic (exact) mass is 431 g/mol. The van der Waals surface area contributed by atoms with Crippen LogP contribution in [0.15, 0.2) is 53.1 Å². The lowest BCUT2D eigenvalue weighted by atomic mass is 10.0. The van der Waals surface area contributed by atoms with Crippen LogP contribution in [0.25, 0.3) is 22.4 Å². The fraction of sp³-hybridized carbons (Fsp3) is 0.360. The van der Waals surface area contributed by atoms with E-state index in [0.717, 1.165) is 22.4 Å². The van der Waals surface area contributed by atoms with Gasteiger partial charge in [0.25, 0.3) is 0 Å². The highest BCUT2D eigenvalue weighted by Gasteiger charge is 2.22. The second-order valence-electron chi connectivity index (χ2n) is 8.72. The molecule has 0 aliphatic rings. The number of carbonyl (C=O) groups is 1. The van der Waals surface area contributed by atoms with E-state index in [0.29, 0.717) is 24.1 Å². The summed E-state index contributed by atoms with van der Waals surface area (Å²) in [4.78, 5) is 25.1. The number of aromatic nitrogens is 4. The Morgan fingerprint density at radius 3 is 2.47 bits per heavy atom. The summed E-state index contributed by atoms with van der Waals surface area (Å²) in [6.07, 6.45) is 0.644. The summed E-state index contributed by atoms with van der Waals surface area (Å²) < 4.78 is 5.36. The SMILES string of the molecule is CC(C)c1ccc(-c2noc(CCC(=O)NC(c3nc4ccccc4[nH]3)C(C)C)n2)cc1. The molecule has 0 saturated heterocycles. The van der Waals surface area contributed by atoms with Crippen LogP contribution in [0.2, 0.25) is 0 Å². The molecule has 0 aliphatic carbocycles. The van der Waals surface area contributed by atoms with E-state index in [4.69, 9.17) is 4.52 Å². The minimum atomic E-state index is -0.201. The molecule has 0 aliphatic heterocycles. The van der Waals surface area contributed by atoms with Gasteiger partial charge in [0, 0.05) is 18.4 Å². The number of nitrogens with one attached hydrogen (secondary N) is 2. The molecule has 1 unspecified atom stereocenters. The van der Waals surface area contributed by atoms with Crippen molar-refractivity contribution in [3.8, 4) is 11.4 Å². The molecule has 0 radical (unpaired) electrons. The maximum absolute atomic E-state index is 12.7. The van der Waals surface area contributed by atoms with Gasteiger partial charge in [-0.25, -0.2) is 4.98 Å². The minimum absolute atomic E-state index is 0.0785. The van der Waals surface area contributed by atoms with Crippen LogP contribution >= 0.6 is 0 Å². The minimum Gasteiger partial charge on any atom is -0.346 e. The van der Waals surface area contributed by atoms with Gasteiger partial charge in [-0.2, -0.15) is 4.98 Å². The Bertz CT molecular complexity index is 1160. The van der Waals surface area contributed by atoms with E-state index in [2.05, 4.69) is 65.3 Å². The van der Waals surface area contributed by atoms with Crippen LogP contribution in [-0.4, -0.2) is 26.0 Å². The van der Waals surface area contributed by atoms with Crippen LogP contribution in [0.5, 0.6) is 0 Å². The van der Waals surface area contributed by atoms with Crippen LogP contribution in [0, 0.1) is 5.92 Å². The van der Waals surface area contributed by atoms with Gasteiger partial charge in [-0.3, -0.25) is 4.79 Å². The summed E-state index contributed by atoms with van der Waals surface area (Å²) in [5, 5.41) is 7.16. The topological polar surface area (TPSA) is 96.7 Å². The second kappa shape index (κ2) is 9.34. The van der Waals surface area contributed by atoms with Crippen molar-refractivity contribution in [2.45, 2.75) is 52.5 Å². The molecule has 2 aromatic heterocycles. The summed E-state index contributed by atoms with van der Waals surface area (Å²) in [5.41, 5.74) is 4.02. The van der Waals surface area contributed by atoms with Crippen molar-refractivity contribution in [2.75, 3.05) is 0 Å². The van der Waals surface area contributed by atoms with Gasteiger partial charge >= 0.3 is 0 Å². The first-order chi connectivity index (χ1) is 15.4. The van der Waals surface area contributed by atoms with Crippen LogP contribution in [0.1, 0.15) is 63.4 Å². The third-order valence-electron chi connectivity index (χ3n) is 5.56. The van der Waals surface area contributed by atoms with E-state index in [1.54, 1.807) is 0 Å². The van der Waals surface area contributed by atoms with Gasteiger partial charge in [0.05, 0.1) is 17.1 Å². The van der Waals surface area contributed by atoms with E-state index in [1.165, 1.54) is 5.56 Å². The first kappa shape index (κ1) is 21.7. The molecule has 0 fully saturated rings. The summed E-state index contributed by atoms with van der Waals surface area (Å²) in [6, 6.07) is 15.8. The Kier molecular flexibility index (Phi) is 6.35. The molecule has 4 aromatic rings. The summed E-state index contributed by atoms with van der Waals surface area (Å²) in [7, 11) is 0. The molecule has 2 aromatic carbocycles. The van der Waals surface area contributed by atoms with Crippen molar-refractivity contribution in [1.29, 1.82) is 0 Å². The molecule has 166 valence electrons. The number of hydrogen-bond donors (Lipinski definition) is 2. The molecule has 1 amide bonds. The van der Waals surface area contributed by atoms with Crippen molar-refractivity contribution in [2.24, 2.45) is 5.92 Å². The quantitative estimate of drug-likeness (QED) is 0.400. The molecule has 7 heteroatoms. The zero-order chi connectivity index (χ0) is 22.7. The number of hydrogen-bond acceptors (Lipinski definition) is 5. The average molecular weight is 432 g/mol. The van der Waals surface area contributed by atoms with Crippen LogP contribution in [-0.2, 0) is 11.2 Å². The maximum Gasteiger partial charge on any atom is 0.227 e. The molecule has 0 bridgehead atoms. The Balaban J connectivity index is 1.37. The lowest BCUT2D eigenvalue weighted by Gasteiger charge is -2.20. The molecule has 2 heterocycles. The molecule has 0 spiro atoms. The van der Waals surface area contributed by atoms with Gasteiger partial charge < -0.3 is 14.8 Å². The number of amides is 1. The molecule has 1 atom stereocenters. The average Bonchev–Trinajstić information content (AvgIpc) is 3.43. The zero-order valence-corrected chi connectivity index (χ0v) is 18.9. The standard InChI is InChI=1S/C25H29N5O2/c1-15(2)17-9-11-18(12-10-17)24-29-22(32-30-24)14-13-21(31)28-23(16(3)4)25-26-19-7-5-6-8-20(19)27-25/h5-12,15-16,23H,13-14H2,1-4H3,(H,26,27)(H,28,31). The van der Waals surface area contributed by atoms with Crippen molar-refractivity contribution in [3.63, 3.8) is 0 Å². The third kappa shape index (κ3) is 4.88. The Morgan fingerprint density at radius 1 is 1.03 bits per heavy atom. The molecule has 7 nitrogen and oxygen atoms in total. The largest absolute Gasteiger partial charge is 0.346 e. The lowest BCUT2D eigenvalue weighted by Crippen LogP contribution is -2.32. The van der Waals surface area contributed by atoms with Crippen molar-refractivity contribution in [3.05, 3.63) is 65.8 Å². The number of aromatic amines is 1. The van der Waals surface area contributed by atoms with Crippen molar-refractivity contribution >= 4 is 16.9 Å². The van der Waals surface area contributed by atoms with E-state index in [9.17, 15) is 4.79 Å². The number of nitrogens with zero attached hydrogens (tertiary/aromatic N) is 3. The zero-order valence-electron chi connectivity index (χ0n) is 18.9. The third-order valence-corrected chi connectivity index (χ3v) is 5.56. The van der Waals surface area contributed by atoms with Gasteiger partial charge in [-0.15, -0.1) is 0 Å². The van der Waals surface area contributed by atoms with Gasteiger partial charge in [0.2, 0.25) is 17.6 Å². The maximum atomic E-state index is 12.7. The van der Waals surface area contributed by atoms with E-state index < -0.39 is 0 Å². The number of carbonyl (C=O) groups excluding carboxylic acids is 1. The number of aryl methyl sites for hydroxylation is 1. The normalized spacial score (nSPS) is 12.6. The predicted octanol–water partition coefficient (Wildman–Crippen LogP) is 5.18. The number of fused-ring (bicyclic) bond motifs is 1. The van der Waals surface area contributed by atoms with Gasteiger partial charge in [0.1, 0.15) is 5.82 Å². The smallest absolute Gasteiger partial charge is 0.227 e. The summed E-state index contributed by atoms with van der Waals surface area (Å²) in [5.74, 6) is 2.33. The van der Waals surface area contributed by atoms with Crippen molar-refractivity contribution < 1.29 is 9.32 Å². The highest BCUT2D eigenvalue weighted by molar-refractivity contribution is 5.77. The van der Waals surface area contributed by atoms with Crippen molar-refractivity contribution in [1.82, 2.24) is 25.4 Å². The van der Waals surface area contributed by atoms with Gasteiger partial charge in [-0.1, -0.05) is 69.2 Å². The van der Waals surface area contributed by atoms with E-state index in [1.807, 2.05) is 36.4 Å². The Hall–Kier alpha value is -3.48. The molecule has 4 rings (SSSR count). The van der Waals surface area contributed by atoms with Gasteiger partial charge in [-0.05, 0) is 29.5 Å². The fourth-order valence-corrected chi connectivity index (χ4v) is 3.63. The number of para-hydroxylation sites is 2. The van der Waals surface area contributed by atoms with Gasteiger partial charge in [0.15, 0.2) is 0 Å². The summed E-state index contributed by atoms with van der Waals surface area (Å²) in [6.45, 7) is 8.44. The number of rotatable bonds is 8. The highest BCUT2D eigenvalue weighted by Crippen LogP contribution is 2.23. The lowest BCUT2D eigenvalue weighted by molar-refractivity contribution is -0.122. The number of benzene rings is 2. The van der Waals surface area contributed by atoms with Crippen LogP contribution < -0.4 is 5.32 Å². The van der Waals surface area contributed by atoms with Crippen LogP contribution in [0.4, 0.5) is 0 Å². The molecule has 0 saturated carbocycles. The second-order valence-corrected chi connectivity index (χ2v) is 8.72. The highest BCUT2D eigenvalue weighted by atomic mass is 16.5. The first-order valence-electron chi connectivity index (χ1n) is 11.1. The molecule has 2 N–H and O–H groups in total. The first-order valence-corrected chi connectivity index (χ1v) is 11.1. The van der Waals surface area contributed by atoms with Crippen LogP contribution in [0.3, 0.4) is 0 Å².